The van der Waals surface area contributed by atoms with E-state index >= 15 is 0 Å². The Bertz CT molecular complexity index is 486. The fraction of sp³-hybridized carbons (Fsp3) is 0.643. The smallest absolute Gasteiger partial charge is 0.303 e. The Labute approximate surface area is 128 Å². The van der Waals surface area contributed by atoms with E-state index < -0.39 is 5.97 Å². The average Bonchev–Trinajstić information content (AvgIpc) is 2.83. The van der Waals surface area contributed by atoms with E-state index in [9.17, 15) is 9.59 Å². The molecule has 6 nitrogen and oxygen atoms in total. The monoisotopic (exact) mass is 313 g/mol. The van der Waals surface area contributed by atoms with Gasteiger partial charge < -0.3 is 16.2 Å². The van der Waals surface area contributed by atoms with E-state index in [0.717, 1.165) is 6.42 Å². The summed E-state index contributed by atoms with van der Waals surface area (Å²) in [5, 5.41) is 14.1. The Balaban J connectivity index is 2.57. The first-order valence-corrected chi connectivity index (χ1v) is 7.88. The highest BCUT2D eigenvalue weighted by molar-refractivity contribution is 7.09. The summed E-state index contributed by atoms with van der Waals surface area (Å²) in [5.74, 6) is -0.812. The molecular weight excluding hydrogens is 290 g/mol. The fourth-order valence-corrected chi connectivity index (χ4v) is 2.84. The summed E-state index contributed by atoms with van der Waals surface area (Å²) in [4.78, 5) is 27.0. The molecular formula is C14H23N3O3S. The number of carboxylic acid groups (broad SMARTS) is 1. The Kier molecular flexibility index (Phi) is 6.77. The molecule has 0 radical (unpaired) electrons. The lowest BCUT2D eigenvalue weighted by Gasteiger charge is -2.17. The van der Waals surface area contributed by atoms with Gasteiger partial charge in [-0.3, -0.25) is 9.59 Å². The molecule has 0 aromatic carbocycles. The predicted octanol–water partition coefficient (Wildman–Crippen LogP) is 2.03. The van der Waals surface area contributed by atoms with Crippen LogP contribution < -0.4 is 11.1 Å². The van der Waals surface area contributed by atoms with Crippen LogP contribution in [-0.2, 0) is 4.79 Å². The lowest BCUT2D eigenvalue weighted by Crippen LogP contribution is -2.31. The number of rotatable bonds is 8. The van der Waals surface area contributed by atoms with E-state index in [0.29, 0.717) is 23.2 Å². The number of carbonyl (C=O) groups is 2. The first-order chi connectivity index (χ1) is 9.79. The van der Waals surface area contributed by atoms with Crippen LogP contribution in [0.5, 0.6) is 0 Å². The summed E-state index contributed by atoms with van der Waals surface area (Å²) >= 11 is 1.35. The molecule has 0 aliphatic heterocycles. The molecule has 118 valence electrons. The van der Waals surface area contributed by atoms with Gasteiger partial charge in [0.25, 0.3) is 5.91 Å². The van der Waals surface area contributed by atoms with E-state index in [4.69, 9.17) is 10.8 Å². The molecule has 1 unspecified atom stereocenters. The summed E-state index contributed by atoms with van der Waals surface area (Å²) in [5.41, 5.74) is 6.05. The fourth-order valence-electron chi connectivity index (χ4n) is 2.08. The molecule has 21 heavy (non-hydrogen) atoms. The predicted molar refractivity (Wildman–Crippen MR) is 82.2 cm³/mol. The zero-order valence-electron chi connectivity index (χ0n) is 12.6. The molecule has 7 heteroatoms. The minimum atomic E-state index is -0.845. The average molecular weight is 313 g/mol. The van der Waals surface area contributed by atoms with Gasteiger partial charge in [0.05, 0.1) is 6.04 Å². The maximum atomic E-state index is 12.0. The Morgan fingerprint density at radius 1 is 1.43 bits per heavy atom. The molecule has 1 aromatic heterocycles. The van der Waals surface area contributed by atoms with Crippen LogP contribution in [0.2, 0.25) is 0 Å². The number of amides is 1. The van der Waals surface area contributed by atoms with Crippen molar-refractivity contribution >= 4 is 23.2 Å². The number of hydrogen-bond donors (Lipinski definition) is 3. The molecule has 0 spiro atoms. The maximum Gasteiger partial charge on any atom is 0.303 e. The molecule has 0 aliphatic rings. The summed E-state index contributed by atoms with van der Waals surface area (Å²) in [6.07, 6.45) is 0.815. The largest absolute Gasteiger partial charge is 0.481 e. The van der Waals surface area contributed by atoms with Gasteiger partial charge in [0.2, 0.25) is 0 Å². The molecule has 2 atom stereocenters. The number of carboxylic acids is 1. The van der Waals surface area contributed by atoms with Gasteiger partial charge in [0.15, 0.2) is 0 Å². The first kappa shape index (κ1) is 17.6. The number of nitrogens with one attached hydrogen (secondary N) is 1. The van der Waals surface area contributed by atoms with E-state index in [1.54, 1.807) is 5.38 Å². The van der Waals surface area contributed by atoms with Crippen molar-refractivity contribution in [2.24, 2.45) is 17.6 Å². The third-order valence-corrected chi connectivity index (χ3v) is 4.01. The van der Waals surface area contributed by atoms with Gasteiger partial charge >= 0.3 is 5.97 Å². The van der Waals surface area contributed by atoms with E-state index in [-0.39, 0.29) is 24.3 Å². The highest BCUT2D eigenvalue weighted by atomic mass is 32.1. The van der Waals surface area contributed by atoms with Gasteiger partial charge in [-0.1, -0.05) is 13.8 Å². The van der Waals surface area contributed by atoms with Crippen molar-refractivity contribution in [3.05, 3.63) is 16.1 Å². The van der Waals surface area contributed by atoms with Crippen LogP contribution in [0.1, 0.15) is 55.2 Å². The number of aromatic nitrogens is 1. The minimum Gasteiger partial charge on any atom is -0.481 e. The van der Waals surface area contributed by atoms with Crippen LogP contribution in [0, 0.1) is 11.8 Å². The van der Waals surface area contributed by atoms with Crippen LogP contribution in [0.15, 0.2) is 5.38 Å². The molecule has 1 aromatic rings. The van der Waals surface area contributed by atoms with Gasteiger partial charge in [0.1, 0.15) is 10.7 Å². The molecule has 1 rings (SSSR count). The van der Waals surface area contributed by atoms with E-state index in [1.165, 1.54) is 11.3 Å². The SMILES string of the molecule is CC(C)C[C@H](CNC(=O)c1csc(C(C)N)n1)CC(=O)O. The van der Waals surface area contributed by atoms with Gasteiger partial charge in [0, 0.05) is 18.3 Å². The van der Waals surface area contributed by atoms with E-state index in [2.05, 4.69) is 10.3 Å². The standard InChI is InChI=1S/C14H23N3O3S/c1-8(2)4-10(5-12(18)19)6-16-13(20)11-7-21-14(17-11)9(3)15/h7-10H,4-6,15H2,1-3H3,(H,16,20)(H,18,19)/t9?,10-/m0/s1. The molecule has 0 fully saturated rings. The number of carbonyl (C=O) groups excluding carboxylic acids is 1. The van der Waals surface area contributed by atoms with Crippen LogP contribution in [-0.4, -0.2) is 28.5 Å². The quantitative estimate of drug-likeness (QED) is 0.681. The highest BCUT2D eigenvalue weighted by Gasteiger charge is 2.18. The van der Waals surface area contributed by atoms with Crippen molar-refractivity contribution in [1.82, 2.24) is 10.3 Å². The van der Waals surface area contributed by atoms with Crippen molar-refractivity contribution in [2.45, 2.75) is 39.7 Å². The second kappa shape index (κ2) is 8.09. The summed E-state index contributed by atoms with van der Waals surface area (Å²) < 4.78 is 0. The number of hydrogen-bond acceptors (Lipinski definition) is 5. The lowest BCUT2D eigenvalue weighted by molar-refractivity contribution is -0.138. The van der Waals surface area contributed by atoms with Crippen LogP contribution in [0.4, 0.5) is 0 Å². The molecule has 0 bridgehead atoms. The van der Waals surface area contributed by atoms with Gasteiger partial charge in [-0.05, 0) is 25.2 Å². The van der Waals surface area contributed by atoms with Crippen molar-refractivity contribution in [3.63, 3.8) is 0 Å². The summed E-state index contributed by atoms with van der Waals surface area (Å²) in [6.45, 7) is 6.22. The van der Waals surface area contributed by atoms with Crippen LogP contribution in [0.25, 0.3) is 0 Å². The molecule has 1 heterocycles. The highest BCUT2D eigenvalue weighted by Crippen LogP contribution is 2.17. The number of nitrogens with zero attached hydrogens (tertiary/aromatic N) is 1. The molecule has 0 saturated heterocycles. The molecule has 0 aliphatic carbocycles. The zero-order valence-corrected chi connectivity index (χ0v) is 13.4. The Morgan fingerprint density at radius 3 is 2.57 bits per heavy atom. The lowest BCUT2D eigenvalue weighted by atomic mass is 9.94. The van der Waals surface area contributed by atoms with Crippen molar-refractivity contribution in [2.75, 3.05) is 6.54 Å². The normalized spacial score (nSPS) is 14.0. The Hall–Kier alpha value is -1.47. The van der Waals surface area contributed by atoms with Gasteiger partial charge in [-0.2, -0.15) is 0 Å². The van der Waals surface area contributed by atoms with Crippen molar-refractivity contribution in [3.8, 4) is 0 Å². The van der Waals surface area contributed by atoms with Crippen LogP contribution in [0.3, 0.4) is 0 Å². The third kappa shape index (κ3) is 6.22. The number of thiazole rings is 1. The van der Waals surface area contributed by atoms with Crippen molar-refractivity contribution < 1.29 is 14.7 Å². The molecule has 4 N–H and O–H groups in total. The topological polar surface area (TPSA) is 105 Å². The van der Waals surface area contributed by atoms with Gasteiger partial charge in [-0.25, -0.2) is 4.98 Å². The summed E-state index contributed by atoms with van der Waals surface area (Å²) in [7, 11) is 0. The second-order valence-electron chi connectivity index (χ2n) is 5.66. The van der Waals surface area contributed by atoms with Crippen LogP contribution >= 0.6 is 11.3 Å². The number of nitrogens with two attached hydrogens (primary N) is 1. The first-order valence-electron chi connectivity index (χ1n) is 7.00. The third-order valence-electron chi connectivity index (χ3n) is 2.96. The zero-order chi connectivity index (χ0) is 16.0. The van der Waals surface area contributed by atoms with Gasteiger partial charge in [-0.15, -0.1) is 11.3 Å². The minimum absolute atomic E-state index is 0.0562. The number of aliphatic carboxylic acids is 1. The molecule has 0 saturated carbocycles. The van der Waals surface area contributed by atoms with Crippen molar-refractivity contribution in [1.29, 1.82) is 0 Å². The van der Waals surface area contributed by atoms with E-state index in [1.807, 2.05) is 20.8 Å². The maximum absolute atomic E-state index is 12.0. The summed E-state index contributed by atoms with van der Waals surface area (Å²) in [6, 6.07) is -0.197. The molecule has 1 amide bonds. The second-order valence-corrected chi connectivity index (χ2v) is 6.55. The Morgan fingerprint density at radius 2 is 2.10 bits per heavy atom.